The number of imidazole rings is 1. The highest BCUT2D eigenvalue weighted by atomic mass is 16.4. The zero-order valence-electron chi connectivity index (χ0n) is 13.5. The number of carboxylic acids is 2. The number of hydrogen-bond donors (Lipinski definition) is 3. The Balaban J connectivity index is 1.91. The Morgan fingerprint density at radius 2 is 1.92 bits per heavy atom. The van der Waals surface area contributed by atoms with Crippen LogP contribution in [0.15, 0.2) is 30.6 Å². The average Bonchev–Trinajstić information content (AvgIpc) is 3.22. The van der Waals surface area contributed by atoms with E-state index in [0.29, 0.717) is 0 Å². The molecule has 0 spiro atoms. The van der Waals surface area contributed by atoms with Gasteiger partial charge < -0.3 is 20.1 Å². The number of aromatic carboxylic acids is 1. The van der Waals surface area contributed by atoms with E-state index in [1.165, 1.54) is 4.90 Å². The maximum absolute atomic E-state index is 12.7. The first-order valence-corrected chi connectivity index (χ1v) is 7.74. The number of benzene rings is 1. The molecule has 1 saturated heterocycles. The lowest BCUT2D eigenvalue weighted by Gasteiger charge is -2.17. The maximum Gasteiger partial charge on any atom is 0.354 e. The molecule has 3 rings (SSSR count). The van der Waals surface area contributed by atoms with E-state index < -0.39 is 23.8 Å². The van der Waals surface area contributed by atoms with Gasteiger partial charge in [0.05, 0.1) is 12.2 Å². The highest BCUT2D eigenvalue weighted by Crippen LogP contribution is 2.35. The summed E-state index contributed by atoms with van der Waals surface area (Å²) in [7, 11) is 0. The van der Waals surface area contributed by atoms with E-state index in [9.17, 15) is 19.5 Å². The molecule has 8 heteroatoms. The molecular weight excluding hydrogens is 326 g/mol. The molecule has 2 atom stereocenters. The van der Waals surface area contributed by atoms with Crippen LogP contribution in [0.5, 0.6) is 0 Å². The fraction of sp³-hybridized carbons (Fsp3) is 0.294. The van der Waals surface area contributed by atoms with E-state index in [1.807, 2.05) is 31.2 Å². The molecule has 0 saturated carbocycles. The van der Waals surface area contributed by atoms with E-state index >= 15 is 0 Å². The van der Waals surface area contributed by atoms with Crippen LogP contribution < -0.4 is 0 Å². The Labute approximate surface area is 143 Å². The van der Waals surface area contributed by atoms with Gasteiger partial charge in [-0.05, 0) is 18.1 Å². The van der Waals surface area contributed by atoms with Crippen molar-refractivity contribution in [2.24, 2.45) is 5.92 Å². The van der Waals surface area contributed by atoms with Crippen LogP contribution in [0, 0.1) is 12.8 Å². The van der Waals surface area contributed by atoms with Crippen LogP contribution in [0.2, 0.25) is 0 Å². The van der Waals surface area contributed by atoms with E-state index in [4.69, 9.17) is 5.11 Å². The van der Waals surface area contributed by atoms with Gasteiger partial charge in [-0.15, -0.1) is 0 Å². The molecule has 2 aromatic rings. The molecule has 1 aromatic carbocycles. The normalized spacial score (nSPS) is 19.8. The van der Waals surface area contributed by atoms with Crippen LogP contribution in [-0.2, 0) is 4.79 Å². The van der Waals surface area contributed by atoms with Gasteiger partial charge in [0.15, 0.2) is 11.4 Å². The number of likely N-dealkylation sites (tertiary alicyclic amines) is 1. The van der Waals surface area contributed by atoms with Gasteiger partial charge in [0.25, 0.3) is 5.91 Å². The summed E-state index contributed by atoms with van der Waals surface area (Å²) in [5.41, 5.74) is 1.34. The van der Waals surface area contributed by atoms with Crippen molar-refractivity contribution in [2.45, 2.75) is 12.8 Å². The molecule has 130 valence electrons. The number of nitrogens with one attached hydrogen (secondary N) is 1. The largest absolute Gasteiger partial charge is 0.481 e. The minimum absolute atomic E-state index is 0.0130. The summed E-state index contributed by atoms with van der Waals surface area (Å²) in [5.74, 6) is -3.96. The van der Waals surface area contributed by atoms with Crippen molar-refractivity contribution in [1.29, 1.82) is 0 Å². The topological polar surface area (TPSA) is 124 Å². The van der Waals surface area contributed by atoms with Gasteiger partial charge in [-0.25, -0.2) is 9.78 Å². The van der Waals surface area contributed by atoms with E-state index in [1.54, 1.807) is 0 Å². The zero-order valence-corrected chi connectivity index (χ0v) is 13.5. The zero-order chi connectivity index (χ0) is 18.1. The monoisotopic (exact) mass is 343 g/mol. The van der Waals surface area contributed by atoms with Crippen LogP contribution in [-0.4, -0.2) is 56.0 Å². The van der Waals surface area contributed by atoms with Crippen molar-refractivity contribution >= 4 is 17.8 Å². The first kappa shape index (κ1) is 16.7. The van der Waals surface area contributed by atoms with Crippen LogP contribution in [0.1, 0.15) is 38.0 Å². The summed E-state index contributed by atoms with van der Waals surface area (Å²) in [6.45, 7) is 2.11. The first-order valence-electron chi connectivity index (χ1n) is 7.74. The highest BCUT2D eigenvalue weighted by molar-refractivity contribution is 6.02. The number of aromatic nitrogens is 2. The van der Waals surface area contributed by atoms with Crippen molar-refractivity contribution in [3.05, 3.63) is 53.1 Å². The molecule has 1 amide bonds. The molecule has 0 radical (unpaired) electrons. The number of carboxylic acid groups (broad SMARTS) is 2. The Kier molecular flexibility index (Phi) is 4.26. The van der Waals surface area contributed by atoms with Crippen molar-refractivity contribution in [1.82, 2.24) is 14.9 Å². The lowest BCUT2D eigenvalue weighted by molar-refractivity contribution is -0.141. The number of aryl methyl sites for hydroxylation is 1. The smallest absolute Gasteiger partial charge is 0.354 e. The minimum atomic E-state index is -1.29. The number of aromatic amines is 1. The molecule has 1 fully saturated rings. The lowest BCUT2D eigenvalue weighted by Crippen LogP contribution is -2.31. The summed E-state index contributed by atoms with van der Waals surface area (Å²) in [6, 6.07) is 7.47. The first-order chi connectivity index (χ1) is 11.9. The Bertz CT molecular complexity index is 844. The second kappa shape index (κ2) is 6.39. The number of carbonyl (C=O) groups is 3. The fourth-order valence-electron chi connectivity index (χ4n) is 3.31. The van der Waals surface area contributed by atoms with Crippen molar-refractivity contribution in [3.63, 3.8) is 0 Å². The van der Waals surface area contributed by atoms with Gasteiger partial charge in [-0.2, -0.15) is 0 Å². The van der Waals surface area contributed by atoms with Crippen molar-refractivity contribution in [3.8, 4) is 0 Å². The molecule has 1 aliphatic heterocycles. The van der Waals surface area contributed by atoms with Crippen molar-refractivity contribution in [2.75, 3.05) is 13.1 Å². The maximum atomic E-state index is 12.7. The van der Waals surface area contributed by atoms with Crippen molar-refractivity contribution < 1.29 is 24.6 Å². The molecule has 2 heterocycles. The van der Waals surface area contributed by atoms with Gasteiger partial charge in [0, 0.05) is 19.0 Å². The summed E-state index contributed by atoms with van der Waals surface area (Å²) < 4.78 is 0. The molecule has 0 bridgehead atoms. The van der Waals surface area contributed by atoms with Gasteiger partial charge >= 0.3 is 11.9 Å². The van der Waals surface area contributed by atoms with Crippen LogP contribution >= 0.6 is 0 Å². The third kappa shape index (κ3) is 2.98. The van der Waals surface area contributed by atoms with Crippen LogP contribution in [0.25, 0.3) is 0 Å². The van der Waals surface area contributed by atoms with Crippen LogP contribution in [0.4, 0.5) is 0 Å². The molecule has 8 nitrogen and oxygen atoms in total. The number of H-pyrrole nitrogens is 1. The molecular formula is C17H17N3O5. The highest BCUT2D eigenvalue weighted by Gasteiger charge is 2.42. The third-order valence-corrected chi connectivity index (χ3v) is 4.57. The molecule has 0 aliphatic carbocycles. The number of aliphatic carboxylic acids is 1. The number of nitrogens with zero attached hydrogens (tertiary/aromatic N) is 2. The Morgan fingerprint density at radius 1 is 1.20 bits per heavy atom. The molecule has 3 N–H and O–H groups in total. The SMILES string of the molecule is Cc1ccccc1[C@@H]1CN(C(=O)c2nc[nH]c2C(=O)O)C[C@H]1C(=O)O. The quantitative estimate of drug-likeness (QED) is 0.770. The van der Waals surface area contributed by atoms with Gasteiger partial charge in [-0.3, -0.25) is 9.59 Å². The number of carbonyl (C=O) groups excluding carboxylic acids is 1. The molecule has 1 aromatic heterocycles. The van der Waals surface area contributed by atoms with Gasteiger partial charge in [0.2, 0.25) is 0 Å². The second-order valence-corrected chi connectivity index (χ2v) is 6.05. The van der Waals surface area contributed by atoms with Crippen LogP contribution in [0.3, 0.4) is 0 Å². The standard InChI is InChI=1S/C17H17N3O5/c1-9-4-2-3-5-10(9)11-6-20(7-12(11)16(22)23)15(21)13-14(17(24)25)19-8-18-13/h2-5,8,11-12H,6-7H2,1H3,(H,18,19)(H,22,23)(H,24,25)/t11-,12+/m0/s1. The summed E-state index contributed by atoms with van der Waals surface area (Å²) in [5, 5.41) is 18.7. The third-order valence-electron chi connectivity index (χ3n) is 4.57. The lowest BCUT2D eigenvalue weighted by atomic mass is 9.86. The fourth-order valence-corrected chi connectivity index (χ4v) is 3.31. The summed E-state index contributed by atoms with van der Waals surface area (Å²) in [4.78, 5) is 43.1. The molecule has 25 heavy (non-hydrogen) atoms. The predicted octanol–water partition coefficient (Wildman–Crippen LogP) is 1.36. The Hall–Kier alpha value is -3.16. The van der Waals surface area contributed by atoms with E-state index in [-0.39, 0.29) is 30.4 Å². The molecule has 0 unspecified atom stereocenters. The van der Waals surface area contributed by atoms with Gasteiger partial charge in [-0.1, -0.05) is 24.3 Å². The van der Waals surface area contributed by atoms with E-state index in [0.717, 1.165) is 17.5 Å². The van der Waals surface area contributed by atoms with Gasteiger partial charge in [0.1, 0.15) is 0 Å². The average molecular weight is 343 g/mol. The molecule has 1 aliphatic rings. The second-order valence-electron chi connectivity index (χ2n) is 6.05. The number of rotatable bonds is 4. The Morgan fingerprint density at radius 3 is 2.56 bits per heavy atom. The predicted molar refractivity (Wildman–Crippen MR) is 86.5 cm³/mol. The number of hydrogen-bond acceptors (Lipinski definition) is 4. The van der Waals surface area contributed by atoms with E-state index in [2.05, 4.69) is 9.97 Å². The minimum Gasteiger partial charge on any atom is -0.481 e. The summed E-state index contributed by atoms with van der Waals surface area (Å²) in [6.07, 6.45) is 1.14. The number of amides is 1. The summed E-state index contributed by atoms with van der Waals surface area (Å²) >= 11 is 0.